The SMILES string of the molecule is CCC(C)c1cccc(Cl)c1C(C)C. The zero-order valence-electron chi connectivity index (χ0n) is 9.47. The Balaban J connectivity index is 3.21. The molecule has 0 amide bonds. The first kappa shape index (κ1) is 11.6. The van der Waals surface area contributed by atoms with Crippen LogP contribution in [0.3, 0.4) is 0 Å². The molecule has 0 radical (unpaired) electrons. The van der Waals surface area contributed by atoms with Crippen molar-refractivity contribution < 1.29 is 0 Å². The smallest absolute Gasteiger partial charge is 0.0443 e. The molecular formula is C13H19Cl. The molecule has 0 fully saturated rings. The second-order valence-corrected chi connectivity index (χ2v) is 4.61. The molecule has 0 saturated carbocycles. The Bertz CT molecular complexity index is 302. The molecule has 0 aliphatic rings. The van der Waals surface area contributed by atoms with Gasteiger partial charge >= 0.3 is 0 Å². The molecule has 0 nitrogen and oxygen atoms in total. The van der Waals surface area contributed by atoms with E-state index in [0.717, 1.165) is 5.02 Å². The summed E-state index contributed by atoms with van der Waals surface area (Å²) >= 11 is 6.23. The van der Waals surface area contributed by atoms with Crippen molar-refractivity contribution >= 4 is 11.6 Å². The van der Waals surface area contributed by atoms with Crippen LogP contribution in [0, 0.1) is 0 Å². The van der Waals surface area contributed by atoms with Crippen LogP contribution in [0.5, 0.6) is 0 Å². The van der Waals surface area contributed by atoms with Gasteiger partial charge in [-0.25, -0.2) is 0 Å². The molecule has 0 aliphatic heterocycles. The summed E-state index contributed by atoms with van der Waals surface area (Å²) in [5, 5.41) is 0.915. The van der Waals surface area contributed by atoms with Crippen LogP contribution in [0.15, 0.2) is 18.2 Å². The van der Waals surface area contributed by atoms with Crippen LogP contribution in [0.2, 0.25) is 5.02 Å². The van der Waals surface area contributed by atoms with E-state index in [1.165, 1.54) is 17.5 Å². The second-order valence-electron chi connectivity index (χ2n) is 4.21. The van der Waals surface area contributed by atoms with Crippen molar-refractivity contribution in [3.05, 3.63) is 34.3 Å². The molecule has 0 saturated heterocycles. The van der Waals surface area contributed by atoms with Gasteiger partial charge in [0, 0.05) is 5.02 Å². The van der Waals surface area contributed by atoms with Crippen molar-refractivity contribution in [3.63, 3.8) is 0 Å². The predicted molar refractivity (Wildman–Crippen MR) is 64.2 cm³/mol. The highest BCUT2D eigenvalue weighted by atomic mass is 35.5. The molecule has 1 rings (SSSR count). The lowest BCUT2D eigenvalue weighted by Gasteiger charge is -2.18. The highest BCUT2D eigenvalue weighted by molar-refractivity contribution is 6.31. The fourth-order valence-corrected chi connectivity index (χ4v) is 2.21. The quantitative estimate of drug-likeness (QED) is 0.661. The third kappa shape index (κ3) is 2.30. The van der Waals surface area contributed by atoms with Crippen LogP contribution in [0.1, 0.15) is 57.1 Å². The fraction of sp³-hybridized carbons (Fsp3) is 0.538. The van der Waals surface area contributed by atoms with E-state index in [9.17, 15) is 0 Å². The summed E-state index contributed by atoms with van der Waals surface area (Å²) in [4.78, 5) is 0. The molecule has 1 aromatic carbocycles. The molecule has 1 aromatic rings. The van der Waals surface area contributed by atoms with Gasteiger partial charge in [0.05, 0.1) is 0 Å². The molecule has 0 aliphatic carbocycles. The Morgan fingerprint density at radius 1 is 1.21 bits per heavy atom. The van der Waals surface area contributed by atoms with E-state index in [0.29, 0.717) is 11.8 Å². The molecule has 1 atom stereocenters. The Kier molecular flexibility index (Phi) is 4.00. The number of halogens is 1. The predicted octanol–water partition coefficient (Wildman–Crippen LogP) is 4.98. The van der Waals surface area contributed by atoms with Crippen molar-refractivity contribution in [1.82, 2.24) is 0 Å². The van der Waals surface area contributed by atoms with Crippen molar-refractivity contribution in [2.24, 2.45) is 0 Å². The zero-order valence-corrected chi connectivity index (χ0v) is 10.2. The summed E-state index contributed by atoms with van der Waals surface area (Å²) in [5.74, 6) is 1.11. The zero-order chi connectivity index (χ0) is 10.7. The van der Waals surface area contributed by atoms with Crippen LogP contribution < -0.4 is 0 Å². The van der Waals surface area contributed by atoms with Gasteiger partial charge in [-0.05, 0) is 35.4 Å². The molecule has 0 aromatic heterocycles. The lowest BCUT2D eigenvalue weighted by Crippen LogP contribution is -2.01. The molecule has 0 spiro atoms. The van der Waals surface area contributed by atoms with Gasteiger partial charge < -0.3 is 0 Å². The molecule has 14 heavy (non-hydrogen) atoms. The summed E-state index contributed by atoms with van der Waals surface area (Å²) in [6.07, 6.45) is 1.17. The van der Waals surface area contributed by atoms with Crippen molar-refractivity contribution in [2.75, 3.05) is 0 Å². The van der Waals surface area contributed by atoms with E-state index in [2.05, 4.69) is 39.8 Å². The largest absolute Gasteiger partial charge is 0.0840 e. The Morgan fingerprint density at radius 2 is 1.86 bits per heavy atom. The first-order valence-electron chi connectivity index (χ1n) is 5.36. The number of hydrogen-bond acceptors (Lipinski definition) is 0. The van der Waals surface area contributed by atoms with Gasteiger partial charge in [0.1, 0.15) is 0 Å². The minimum atomic E-state index is 0.507. The molecule has 0 heterocycles. The first-order chi connectivity index (χ1) is 6.57. The maximum absolute atomic E-state index is 6.23. The standard InChI is InChI=1S/C13H19Cl/c1-5-10(4)11-7-6-8-12(14)13(11)9(2)3/h6-10H,5H2,1-4H3. The van der Waals surface area contributed by atoms with E-state index in [4.69, 9.17) is 11.6 Å². The molecule has 78 valence electrons. The van der Waals surface area contributed by atoms with Crippen LogP contribution in [-0.2, 0) is 0 Å². The van der Waals surface area contributed by atoms with E-state index in [1.807, 2.05) is 6.07 Å². The average Bonchev–Trinajstić information content (AvgIpc) is 2.15. The van der Waals surface area contributed by atoms with Gasteiger partial charge in [-0.2, -0.15) is 0 Å². The summed E-state index contributed by atoms with van der Waals surface area (Å²) in [5.41, 5.74) is 2.73. The molecule has 0 bridgehead atoms. The van der Waals surface area contributed by atoms with Crippen LogP contribution in [0.4, 0.5) is 0 Å². The third-order valence-corrected chi connectivity index (χ3v) is 3.14. The monoisotopic (exact) mass is 210 g/mol. The Hall–Kier alpha value is -0.490. The van der Waals surface area contributed by atoms with Gasteiger partial charge in [0.2, 0.25) is 0 Å². The third-order valence-electron chi connectivity index (χ3n) is 2.81. The summed E-state index contributed by atoms with van der Waals surface area (Å²) < 4.78 is 0. The maximum atomic E-state index is 6.23. The van der Waals surface area contributed by atoms with E-state index in [1.54, 1.807) is 0 Å². The second kappa shape index (κ2) is 4.84. The van der Waals surface area contributed by atoms with Gasteiger partial charge in [-0.15, -0.1) is 0 Å². The number of benzene rings is 1. The molecule has 1 unspecified atom stereocenters. The Morgan fingerprint density at radius 3 is 2.36 bits per heavy atom. The van der Waals surface area contributed by atoms with E-state index in [-0.39, 0.29) is 0 Å². The highest BCUT2D eigenvalue weighted by Crippen LogP contribution is 2.33. The summed E-state index contributed by atoms with van der Waals surface area (Å²) in [6.45, 7) is 8.88. The molecular weight excluding hydrogens is 192 g/mol. The normalized spacial score (nSPS) is 13.3. The van der Waals surface area contributed by atoms with Crippen molar-refractivity contribution in [3.8, 4) is 0 Å². The topological polar surface area (TPSA) is 0 Å². The Labute approximate surface area is 92.3 Å². The van der Waals surface area contributed by atoms with Crippen molar-refractivity contribution in [1.29, 1.82) is 0 Å². The minimum Gasteiger partial charge on any atom is -0.0840 e. The fourth-order valence-electron chi connectivity index (χ4n) is 1.81. The van der Waals surface area contributed by atoms with Gasteiger partial charge in [0.15, 0.2) is 0 Å². The van der Waals surface area contributed by atoms with E-state index < -0.39 is 0 Å². The highest BCUT2D eigenvalue weighted by Gasteiger charge is 2.14. The van der Waals surface area contributed by atoms with Crippen LogP contribution >= 0.6 is 11.6 Å². The van der Waals surface area contributed by atoms with Gasteiger partial charge in [-0.3, -0.25) is 0 Å². The van der Waals surface area contributed by atoms with E-state index >= 15 is 0 Å². The maximum Gasteiger partial charge on any atom is 0.0443 e. The first-order valence-corrected chi connectivity index (χ1v) is 5.74. The van der Waals surface area contributed by atoms with Crippen LogP contribution in [-0.4, -0.2) is 0 Å². The lowest BCUT2D eigenvalue weighted by molar-refractivity contribution is 0.708. The minimum absolute atomic E-state index is 0.507. The molecule has 0 N–H and O–H groups in total. The van der Waals surface area contributed by atoms with Gasteiger partial charge in [0.25, 0.3) is 0 Å². The summed E-state index contributed by atoms with van der Waals surface area (Å²) in [7, 11) is 0. The lowest BCUT2D eigenvalue weighted by atomic mass is 9.88. The van der Waals surface area contributed by atoms with Gasteiger partial charge in [-0.1, -0.05) is 51.4 Å². The number of rotatable bonds is 3. The number of hydrogen-bond donors (Lipinski definition) is 0. The molecule has 1 heteroatoms. The summed E-state index contributed by atoms with van der Waals surface area (Å²) in [6, 6.07) is 6.24. The van der Waals surface area contributed by atoms with Crippen molar-refractivity contribution in [2.45, 2.75) is 46.0 Å². The average molecular weight is 211 g/mol. The van der Waals surface area contributed by atoms with Crippen LogP contribution in [0.25, 0.3) is 0 Å².